The van der Waals surface area contributed by atoms with Crippen molar-refractivity contribution in [2.24, 2.45) is 0 Å². The Hall–Kier alpha value is -1.98. The lowest BCUT2D eigenvalue weighted by Gasteiger charge is -2.13. The predicted molar refractivity (Wildman–Crippen MR) is 70.4 cm³/mol. The molecule has 0 heterocycles. The maximum absolute atomic E-state index is 11.4. The van der Waals surface area contributed by atoms with Gasteiger partial charge in [-0.25, -0.2) is 4.79 Å². The van der Waals surface area contributed by atoms with Crippen LogP contribution in [0, 0.1) is 0 Å². The quantitative estimate of drug-likeness (QED) is 0.637. The molecule has 2 aromatic rings. The molecule has 0 aliphatic heterocycles. The number of benzene rings is 2. The van der Waals surface area contributed by atoms with E-state index >= 15 is 0 Å². The van der Waals surface area contributed by atoms with E-state index in [4.69, 9.17) is 0 Å². The molecule has 0 radical (unpaired) electrons. The molecule has 2 aromatic carbocycles. The zero-order chi connectivity index (χ0) is 13.8. The van der Waals surface area contributed by atoms with Crippen molar-refractivity contribution in [1.29, 1.82) is 0 Å². The third-order valence-corrected chi connectivity index (χ3v) is 3.36. The van der Waals surface area contributed by atoms with Gasteiger partial charge in [0.25, 0.3) is 0 Å². The monoisotopic (exact) mass is 275 g/mol. The lowest BCUT2D eigenvalue weighted by Crippen LogP contribution is -2.03. The van der Waals surface area contributed by atoms with Crippen LogP contribution in [0.2, 0.25) is 0 Å². The van der Waals surface area contributed by atoms with Crippen molar-refractivity contribution in [2.75, 3.05) is 7.11 Å². The molecule has 98 valence electrons. The smallest absolute Gasteiger partial charge is 0.337 e. The lowest BCUT2D eigenvalue weighted by molar-refractivity contribution is 0.0600. The van der Waals surface area contributed by atoms with Gasteiger partial charge in [-0.3, -0.25) is 4.21 Å². The van der Waals surface area contributed by atoms with Gasteiger partial charge in [0.2, 0.25) is 0 Å². The van der Waals surface area contributed by atoms with Crippen molar-refractivity contribution in [2.45, 2.75) is 4.90 Å². The molecule has 0 spiro atoms. The molecule has 5 heteroatoms. The summed E-state index contributed by atoms with van der Waals surface area (Å²) in [5, 5.41) is 0. The summed E-state index contributed by atoms with van der Waals surface area (Å²) in [5.74, 6) is -0.564. The van der Waals surface area contributed by atoms with Gasteiger partial charge in [0, 0.05) is 4.90 Å². The van der Waals surface area contributed by atoms with Crippen LogP contribution in [-0.2, 0) is 15.8 Å². The van der Waals surface area contributed by atoms with E-state index in [-0.39, 0.29) is 10.5 Å². The molecule has 4 nitrogen and oxygen atoms in total. The molecular weight excluding hydrogens is 264 g/mol. The van der Waals surface area contributed by atoms with Gasteiger partial charge in [-0.2, -0.15) is 0 Å². The van der Waals surface area contributed by atoms with Crippen LogP contribution in [0.1, 0.15) is 10.4 Å². The van der Waals surface area contributed by atoms with E-state index in [0.717, 1.165) is 5.56 Å². The van der Waals surface area contributed by atoms with Crippen LogP contribution in [0.3, 0.4) is 0 Å². The Labute approximate surface area is 113 Å². The summed E-state index contributed by atoms with van der Waals surface area (Å²) in [4.78, 5) is 11.5. The normalized spacial score (nSPS) is 11.9. The van der Waals surface area contributed by atoms with Gasteiger partial charge in [0.05, 0.1) is 12.7 Å². The number of carbonyl (C=O) groups excluding carboxylic acids is 1. The zero-order valence-electron chi connectivity index (χ0n) is 10.2. The highest BCUT2D eigenvalue weighted by Crippen LogP contribution is 2.27. The number of hydrogen-bond donors (Lipinski definition) is 0. The highest BCUT2D eigenvalue weighted by molar-refractivity contribution is 7.79. The van der Waals surface area contributed by atoms with Gasteiger partial charge >= 0.3 is 5.97 Å². The molecular formula is C14H11O4S-. The van der Waals surface area contributed by atoms with E-state index in [1.54, 1.807) is 12.1 Å². The number of ether oxygens (including phenoxy) is 1. The Kier molecular flexibility index (Phi) is 4.09. The van der Waals surface area contributed by atoms with E-state index in [1.165, 1.54) is 13.2 Å². The largest absolute Gasteiger partial charge is 0.768 e. The maximum Gasteiger partial charge on any atom is 0.337 e. The fraction of sp³-hybridized carbons (Fsp3) is 0.0714. The highest BCUT2D eigenvalue weighted by Gasteiger charge is 2.11. The first-order chi connectivity index (χ1) is 9.13. The van der Waals surface area contributed by atoms with Gasteiger partial charge in [0.1, 0.15) is 0 Å². The van der Waals surface area contributed by atoms with E-state index in [2.05, 4.69) is 4.74 Å². The third-order valence-electron chi connectivity index (χ3n) is 2.67. The zero-order valence-corrected chi connectivity index (χ0v) is 11.0. The summed E-state index contributed by atoms with van der Waals surface area (Å²) in [6.07, 6.45) is 0. The van der Waals surface area contributed by atoms with Crippen molar-refractivity contribution < 1.29 is 18.3 Å². The molecule has 0 aliphatic carbocycles. The second-order valence-corrected chi connectivity index (χ2v) is 4.71. The molecule has 0 fully saturated rings. The van der Waals surface area contributed by atoms with Gasteiger partial charge in [-0.1, -0.05) is 36.4 Å². The van der Waals surface area contributed by atoms with Crippen molar-refractivity contribution in [3.63, 3.8) is 0 Å². The number of hydrogen-bond acceptors (Lipinski definition) is 4. The van der Waals surface area contributed by atoms with E-state index in [1.807, 2.05) is 30.3 Å². The van der Waals surface area contributed by atoms with Crippen molar-refractivity contribution in [3.8, 4) is 11.1 Å². The molecule has 1 unspecified atom stereocenters. The standard InChI is InChI=1S/C14H12O4S/c1-18-14(15)11-7-8-12(13(9-11)19(16)17)10-5-3-2-4-6-10/h2-9H,1H3,(H,16,17)/p-1. The number of carbonyl (C=O) groups is 1. The molecule has 0 aromatic heterocycles. The van der Waals surface area contributed by atoms with Crippen LogP contribution < -0.4 is 0 Å². The third kappa shape index (κ3) is 2.89. The molecule has 0 amide bonds. The van der Waals surface area contributed by atoms with Gasteiger partial charge in [-0.05, 0) is 34.3 Å². The fourth-order valence-electron chi connectivity index (χ4n) is 1.76. The van der Waals surface area contributed by atoms with Gasteiger partial charge in [-0.15, -0.1) is 0 Å². The van der Waals surface area contributed by atoms with Crippen LogP contribution in [-0.4, -0.2) is 21.8 Å². The topological polar surface area (TPSA) is 66.4 Å². The van der Waals surface area contributed by atoms with Crippen LogP contribution in [0.5, 0.6) is 0 Å². The van der Waals surface area contributed by atoms with Crippen LogP contribution >= 0.6 is 0 Å². The Morgan fingerprint density at radius 3 is 2.42 bits per heavy atom. The van der Waals surface area contributed by atoms with E-state index in [9.17, 15) is 13.6 Å². The molecule has 0 N–H and O–H groups in total. The SMILES string of the molecule is COC(=O)c1ccc(-c2ccccc2)c(S(=O)[O-])c1. The molecule has 1 atom stereocenters. The maximum atomic E-state index is 11.4. The van der Waals surface area contributed by atoms with Crippen LogP contribution in [0.25, 0.3) is 11.1 Å². The Morgan fingerprint density at radius 1 is 1.16 bits per heavy atom. The second-order valence-electron chi connectivity index (χ2n) is 3.80. The minimum Gasteiger partial charge on any atom is -0.768 e. The Balaban J connectivity index is 2.57. The van der Waals surface area contributed by atoms with E-state index < -0.39 is 17.0 Å². The summed E-state index contributed by atoms with van der Waals surface area (Å²) in [7, 11) is 1.25. The summed E-state index contributed by atoms with van der Waals surface area (Å²) in [5.41, 5.74) is 1.54. The summed E-state index contributed by atoms with van der Waals surface area (Å²) in [6.45, 7) is 0. The Morgan fingerprint density at radius 2 is 1.84 bits per heavy atom. The number of rotatable bonds is 3. The van der Waals surface area contributed by atoms with E-state index in [0.29, 0.717) is 5.56 Å². The molecule has 0 bridgehead atoms. The van der Waals surface area contributed by atoms with Crippen LogP contribution in [0.15, 0.2) is 53.4 Å². The highest BCUT2D eigenvalue weighted by atomic mass is 32.2. The first-order valence-electron chi connectivity index (χ1n) is 5.50. The predicted octanol–water partition coefficient (Wildman–Crippen LogP) is 2.38. The molecule has 0 saturated carbocycles. The first kappa shape index (κ1) is 13.5. The number of methoxy groups -OCH3 is 1. The molecule has 0 saturated heterocycles. The average molecular weight is 275 g/mol. The molecule has 2 rings (SSSR count). The van der Waals surface area contributed by atoms with Gasteiger partial charge < -0.3 is 9.29 Å². The van der Waals surface area contributed by atoms with Crippen LogP contribution in [0.4, 0.5) is 0 Å². The number of esters is 1. The average Bonchev–Trinajstić information content (AvgIpc) is 2.46. The summed E-state index contributed by atoms with van der Waals surface area (Å²) >= 11 is -2.43. The van der Waals surface area contributed by atoms with Crippen molar-refractivity contribution >= 4 is 17.0 Å². The summed E-state index contributed by atoms with van der Waals surface area (Å²) < 4.78 is 27.2. The molecule has 19 heavy (non-hydrogen) atoms. The molecule has 0 aliphatic rings. The van der Waals surface area contributed by atoms with Crippen molar-refractivity contribution in [1.82, 2.24) is 0 Å². The minimum absolute atomic E-state index is 0.0779. The fourth-order valence-corrected chi connectivity index (χ4v) is 2.35. The van der Waals surface area contributed by atoms with Crippen molar-refractivity contribution in [3.05, 3.63) is 54.1 Å². The first-order valence-corrected chi connectivity index (χ1v) is 6.58. The summed E-state index contributed by atoms with van der Waals surface area (Å²) in [6, 6.07) is 13.6. The Bertz CT molecular complexity index is 623. The minimum atomic E-state index is -2.43. The second kappa shape index (κ2) is 5.77. The van der Waals surface area contributed by atoms with Gasteiger partial charge in [0.15, 0.2) is 0 Å². The lowest BCUT2D eigenvalue weighted by atomic mass is 10.0.